The Balaban J connectivity index is 2.12. The lowest BCUT2D eigenvalue weighted by Gasteiger charge is -2.16. The maximum absolute atomic E-state index is 10.4. The van der Waals surface area contributed by atoms with Gasteiger partial charge in [-0.15, -0.1) is 0 Å². The van der Waals surface area contributed by atoms with E-state index in [2.05, 4.69) is 4.90 Å². The van der Waals surface area contributed by atoms with Gasteiger partial charge >= 0.3 is 5.97 Å². The molecule has 0 aromatic heterocycles. The zero-order valence-corrected chi connectivity index (χ0v) is 9.35. The molecule has 0 spiro atoms. The number of likely N-dealkylation sites (tertiary alicyclic amines) is 1. The van der Waals surface area contributed by atoms with E-state index in [1.54, 1.807) is 6.92 Å². The summed E-state index contributed by atoms with van der Waals surface area (Å²) in [6, 6.07) is 0. The highest BCUT2D eigenvalue weighted by atomic mass is 16.4. The van der Waals surface area contributed by atoms with E-state index < -0.39 is 5.97 Å². The third-order valence-corrected chi connectivity index (χ3v) is 3.00. The van der Waals surface area contributed by atoms with E-state index >= 15 is 0 Å². The molecule has 0 aromatic rings. The average Bonchev–Trinajstić information content (AvgIpc) is 2.59. The molecule has 2 unspecified atom stereocenters. The van der Waals surface area contributed by atoms with Crippen LogP contribution in [0.3, 0.4) is 0 Å². The Morgan fingerprint density at radius 2 is 2.33 bits per heavy atom. The van der Waals surface area contributed by atoms with Crippen LogP contribution < -0.4 is 0 Å². The number of aliphatic hydroxyl groups is 1. The maximum Gasteiger partial charge on any atom is 0.303 e. The second-order valence-corrected chi connectivity index (χ2v) is 4.53. The molecule has 4 heteroatoms. The van der Waals surface area contributed by atoms with Crippen LogP contribution in [0.1, 0.15) is 32.6 Å². The van der Waals surface area contributed by atoms with E-state index in [0.717, 1.165) is 38.9 Å². The van der Waals surface area contributed by atoms with Crippen molar-refractivity contribution in [3.63, 3.8) is 0 Å². The van der Waals surface area contributed by atoms with Gasteiger partial charge in [0.25, 0.3) is 0 Å². The standard InChI is InChI=1S/C11H21NO3/c1-9(13)4-6-12-7-5-10(8-12)2-3-11(14)15/h9-10,13H,2-8H2,1H3,(H,14,15). The number of aliphatic carboxylic acids is 1. The van der Waals surface area contributed by atoms with Crippen LogP contribution in [0.2, 0.25) is 0 Å². The quantitative estimate of drug-likeness (QED) is 0.692. The summed E-state index contributed by atoms with van der Waals surface area (Å²) in [7, 11) is 0. The summed E-state index contributed by atoms with van der Waals surface area (Å²) in [5.74, 6) is -0.160. The van der Waals surface area contributed by atoms with Crippen molar-refractivity contribution >= 4 is 5.97 Å². The fraction of sp³-hybridized carbons (Fsp3) is 0.909. The minimum atomic E-state index is -0.697. The molecule has 1 saturated heterocycles. The van der Waals surface area contributed by atoms with Crippen LogP contribution in [0.15, 0.2) is 0 Å². The zero-order chi connectivity index (χ0) is 11.3. The maximum atomic E-state index is 10.4. The lowest BCUT2D eigenvalue weighted by molar-refractivity contribution is -0.137. The molecular formula is C11H21NO3. The largest absolute Gasteiger partial charge is 0.481 e. The van der Waals surface area contributed by atoms with Crippen LogP contribution in [-0.2, 0) is 4.79 Å². The molecule has 2 atom stereocenters. The Hall–Kier alpha value is -0.610. The van der Waals surface area contributed by atoms with Crippen molar-refractivity contribution in [3.8, 4) is 0 Å². The summed E-state index contributed by atoms with van der Waals surface area (Å²) >= 11 is 0. The van der Waals surface area contributed by atoms with Crippen molar-refractivity contribution < 1.29 is 15.0 Å². The third-order valence-electron chi connectivity index (χ3n) is 3.00. The number of carboxylic acids is 1. The molecule has 2 N–H and O–H groups in total. The minimum Gasteiger partial charge on any atom is -0.481 e. The summed E-state index contributed by atoms with van der Waals surface area (Å²) in [6.07, 6.45) is 2.76. The Morgan fingerprint density at radius 3 is 2.93 bits per heavy atom. The van der Waals surface area contributed by atoms with Crippen molar-refractivity contribution in [1.82, 2.24) is 4.90 Å². The molecule has 0 aliphatic carbocycles. The van der Waals surface area contributed by atoms with Crippen molar-refractivity contribution in [2.75, 3.05) is 19.6 Å². The second kappa shape index (κ2) is 6.08. The van der Waals surface area contributed by atoms with Crippen LogP contribution in [0.25, 0.3) is 0 Å². The van der Waals surface area contributed by atoms with Gasteiger partial charge in [-0.05, 0) is 38.6 Å². The predicted molar refractivity (Wildman–Crippen MR) is 57.7 cm³/mol. The highest BCUT2D eigenvalue weighted by Gasteiger charge is 2.22. The van der Waals surface area contributed by atoms with E-state index in [1.807, 2.05) is 0 Å². The molecule has 1 aliphatic heterocycles. The third kappa shape index (κ3) is 5.14. The van der Waals surface area contributed by atoms with Crippen LogP contribution in [0.5, 0.6) is 0 Å². The molecule has 1 heterocycles. The molecule has 1 rings (SSSR count). The molecule has 0 radical (unpaired) electrons. The molecule has 88 valence electrons. The van der Waals surface area contributed by atoms with Crippen molar-refractivity contribution in [2.24, 2.45) is 5.92 Å². The molecule has 1 aliphatic rings. The summed E-state index contributed by atoms with van der Waals surface area (Å²) in [5, 5.41) is 17.7. The fourth-order valence-electron chi connectivity index (χ4n) is 2.05. The fourth-order valence-corrected chi connectivity index (χ4v) is 2.05. The lowest BCUT2D eigenvalue weighted by atomic mass is 10.0. The minimum absolute atomic E-state index is 0.233. The SMILES string of the molecule is CC(O)CCN1CCC(CCC(=O)O)C1. The molecule has 4 nitrogen and oxygen atoms in total. The van der Waals surface area contributed by atoms with Crippen molar-refractivity contribution in [2.45, 2.75) is 38.7 Å². The van der Waals surface area contributed by atoms with Gasteiger partial charge in [-0.3, -0.25) is 4.79 Å². The van der Waals surface area contributed by atoms with Crippen LogP contribution in [0, 0.1) is 5.92 Å². The number of carboxylic acid groups (broad SMARTS) is 1. The van der Waals surface area contributed by atoms with Crippen molar-refractivity contribution in [3.05, 3.63) is 0 Å². The first-order valence-corrected chi connectivity index (χ1v) is 5.70. The van der Waals surface area contributed by atoms with Crippen molar-refractivity contribution in [1.29, 1.82) is 0 Å². The summed E-state index contributed by atoms with van der Waals surface area (Å²) in [5.41, 5.74) is 0. The monoisotopic (exact) mass is 215 g/mol. The van der Waals surface area contributed by atoms with Gasteiger partial charge in [0.15, 0.2) is 0 Å². The molecule has 0 aromatic carbocycles. The summed E-state index contributed by atoms with van der Waals surface area (Å²) < 4.78 is 0. The predicted octanol–water partition coefficient (Wildman–Crippen LogP) is 0.944. The van der Waals surface area contributed by atoms with Crippen LogP contribution in [-0.4, -0.2) is 46.8 Å². The number of nitrogens with zero attached hydrogens (tertiary/aromatic N) is 1. The normalized spacial score (nSPS) is 24.3. The Bertz CT molecular complexity index is 206. The number of hydrogen-bond acceptors (Lipinski definition) is 3. The van der Waals surface area contributed by atoms with Gasteiger partial charge in [0.2, 0.25) is 0 Å². The molecule has 0 amide bonds. The number of carbonyl (C=O) groups is 1. The molecule has 1 fully saturated rings. The summed E-state index contributed by atoms with van der Waals surface area (Å²) in [6.45, 7) is 4.79. The van der Waals surface area contributed by atoms with E-state index in [1.165, 1.54) is 0 Å². The second-order valence-electron chi connectivity index (χ2n) is 4.53. The Labute approximate surface area is 90.9 Å². The zero-order valence-electron chi connectivity index (χ0n) is 9.35. The Kier molecular flexibility index (Phi) is 5.05. The molecular weight excluding hydrogens is 194 g/mol. The van der Waals surface area contributed by atoms with Gasteiger partial charge in [0.05, 0.1) is 6.10 Å². The van der Waals surface area contributed by atoms with Gasteiger partial charge in [0.1, 0.15) is 0 Å². The highest BCUT2D eigenvalue weighted by Crippen LogP contribution is 2.21. The Morgan fingerprint density at radius 1 is 1.60 bits per heavy atom. The van der Waals surface area contributed by atoms with Gasteiger partial charge in [-0.25, -0.2) is 0 Å². The van der Waals surface area contributed by atoms with E-state index in [4.69, 9.17) is 10.2 Å². The highest BCUT2D eigenvalue weighted by molar-refractivity contribution is 5.66. The van der Waals surface area contributed by atoms with E-state index in [-0.39, 0.29) is 12.5 Å². The topological polar surface area (TPSA) is 60.8 Å². The van der Waals surface area contributed by atoms with Gasteiger partial charge in [0, 0.05) is 19.5 Å². The van der Waals surface area contributed by atoms with E-state index in [9.17, 15) is 4.79 Å². The first kappa shape index (κ1) is 12.5. The molecule has 15 heavy (non-hydrogen) atoms. The van der Waals surface area contributed by atoms with Gasteiger partial charge in [-0.2, -0.15) is 0 Å². The van der Waals surface area contributed by atoms with Gasteiger partial charge in [-0.1, -0.05) is 0 Å². The average molecular weight is 215 g/mol. The van der Waals surface area contributed by atoms with Gasteiger partial charge < -0.3 is 15.1 Å². The lowest BCUT2D eigenvalue weighted by Crippen LogP contribution is -2.24. The van der Waals surface area contributed by atoms with E-state index in [0.29, 0.717) is 5.92 Å². The smallest absolute Gasteiger partial charge is 0.303 e. The number of rotatable bonds is 6. The van der Waals surface area contributed by atoms with Crippen LogP contribution in [0.4, 0.5) is 0 Å². The summed E-state index contributed by atoms with van der Waals surface area (Å²) in [4.78, 5) is 12.7. The first-order valence-electron chi connectivity index (χ1n) is 5.70. The first-order chi connectivity index (χ1) is 7.08. The van der Waals surface area contributed by atoms with Crippen LogP contribution >= 0.6 is 0 Å². The molecule has 0 bridgehead atoms. The molecule has 0 saturated carbocycles. The number of aliphatic hydroxyl groups excluding tert-OH is 1. The number of hydrogen-bond donors (Lipinski definition) is 2.